The van der Waals surface area contributed by atoms with Gasteiger partial charge in [0.1, 0.15) is 40.9 Å². The molecular formula is C45H45F3N4O11S. The van der Waals surface area contributed by atoms with Gasteiger partial charge >= 0.3 is 6.18 Å². The second-order valence-electron chi connectivity index (χ2n) is 15.5. The SMILES string of the molecule is O=C(COc1ccc(C2CCC(=O)NC2=O)cc1)NCCCCNC(=O)COc1ccc(N(CC(F)(F)F)S(=O)(=O)C2CC3O[C@H]2C(c2ccc(O)cc2)=C3c2ccc(O)cc2)cc1. The predicted molar refractivity (Wildman–Crippen MR) is 227 cm³/mol. The van der Waals surface area contributed by atoms with Crippen molar-refractivity contribution in [2.75, 3.05) is 37.2 Å². The van der Waals surface area contributed by atoms with Crippen LogP contribution in [-0.4, -0.2) is 98.7 Å². The molecule has 2 bridgehead atoms. The third-order valence-corrected chi connectivity index (χ3v) is 13.2. The average Bonchev–Trinajstić information content (AvgIpc) is 3.87. The van der Waals surface area contributed by atoms with E-state index in [1.807, 2.05) is 0 Å². The number of amides is 4. The third kappa shape index (κ3) is 10.9. The van der Waals surface area contributed by atoms with Crippen LogP contribution in [0.15, 0.2) is 97.1 Å². The molecule has 338 valence electrons. The van der Waals surface area contributed by atoms with Crippen molar-refractivity contribution in [1.82, 2.24) is 16.0 Å². The van der Waals surface area contributed by atoms with Gasteiger partial charge < -0.3 is 35.1 Å². The van der Waals surface area contributed by atoms with Crippen LogP contribution in [0.2, 0.25) is 0 Å². The summed E-state index contributed by atoms with van der Waals surface area (Å²) in [5, 5.41) is 26.1. The third-order valence-electron chi connectivity index (χ3n) is 11.0. The molecule has 0 aromatic heterocycles. The normalized spacial score (nSPS) is 19.5. The number of phenols is 2. The first-order chi connectivity index (χ1) is 30.6. The number of piperidine rings is 1. The van der Waals surface area contributed by atoms with Gasteiger partial charge in [0.15, 0.2) is 13.2 Å². The van der Waals surface area contributed by atoms with Gasteiger partial charge in [-0.3, -0.25) is 28.8 Å². The van der Waals surface area contributed by atoms with Gasteiger partial charge in [-0.1, -0.05) is 36.4 Å². The molecule has 0 spiro atoms. The molecule has 3 heterocycles. The van der Waals surface area contributed by atoms with Gasteiger partial charge in [-0.05, 0) is 114 Å². The van der Waals surface area contributed by atoms with Crippen molar-refractivity contribution in [3.8, 4) is 23.0 Å². The topological polar surface area (TPSA) is 210 Å². The number of imide groups is 1. The van der Waals surface area contributed by atoms with Crippen molar-refractivity contribution < 1.29 is 65.2 Å². The maximum absolute atomic E-state index is 14.3. The fraction of sp³-hybridized carbons (Fsp3) is 0.333. The summed E-state index contributed by atoms with van der Waals surface area (Å²) in [5.41, 5.74) is 2.71. The van der Waals surface area contributed by atoms with E-state index in [1.54, 1.807) is 48.5 Å². The highest BCUT2D eigenvalue weighted by atomic mass is 32.2. The zero-order valence-electron chi connectivity index (χ0n) is 34.2. The summed E-state index contributed by atoms with van der Waals surface area (Å²) in [6.45, 7) is -1.88. The number of sulfonamides is 1. The summed E-state index contributed by atoms with van der Waals surface area (Å²) in [6, 6.07) is 23.8. The van der Waals surface area contributed by atoms with Crippen molar-refractivity contribution in [2.45, 2.75) is 61.7 Å². The summed E-state index contributed by atoms with van der Waals surface area (Å²) >= 11 is 0. The van der Waals surface area contributed by atoms with E-state index in [4.69, 9.17) is 14.2 Å². The maximum Gasteiger partial charge on any atom is 0.407 e. The Morgan fingerprint density at radius 3 is 1.80 bits per heavy atom. The molecule has 4 amide bonds. The zero-order valence-corrected chi connectivity index (χ0v) is 35.0. The van der Waals surface area contributed by atoms with E-state index in [1.165, 1.54) is 48.5 Å². The van der Waals surface area contributed by atoms with Gasteiger partial charge in [-0.25, -0.2) is 8.42 Å². The molecule has 2 saturated heterocycles. The summed E-state index contributed by atoms with van der Waals surface area (Å²) in [7, 11) is -4.75. The van der Waals surface area contributed by atoms with Crippen molar-refractivity contribution in [1.29, 1.82) is 0 Å². The Labute approximate surface area is 366 Å². The Bertz CT molecular complexity index is 2480. The quantitative estimate of drug-likeness (QED) is 0.0668. The molecule has 3 unspecified atom stereocenters. The van der Waals surface area contributed by atoms with Crippen molar-refractivity contribution >= 4 is 50.5 Å². The molecule has 2 fully saturated rings. The number of alkyl halides is 3. The van der Waals surface area contributed by atoms with E-state index in [-0.39, 0.29) is 66.7 Å². The number of hydrogen-bond donors (Lipinski definition) is 5. The monoisotopic (exact) mass is 906 g/mol. The summed E-state index contributed by atoms with van der Waals surface area (Å²) < 4.78 is 88.3. The lowest BCUT2D eigenvalue weighted by Gasteiger charge is -2.32. The van der Waals surface area contributed by atoms with Crippen LogP contribution >= 0.6 is 0 Å². The lowest BCUT2D eigenvalue weighted by Crippen LogP contribution is -2.47. The summed E-state index contributed by atoms with van der Waals surface area (Å²) in [5.74, 6) is -1.37. The minimum absolute atomic E-state index is 0.00944. The Hall–Kier alpha value is -6.60. The van der Waals surface area contributed by atoms with Crippen LogP contribution in [0, 0.1) is 0 Å². The molecule has 5 N–H and O–H groups in total. The first-order valence-corrected chi connectivity index (χ1v) is 22.0. The van der Waals surface area contributed by atoms with E-state index in [0.29, 0.717) is 58.1 Å². The molecule has 4 aromatic carbocycles. The summed E-state index contributed by atoms with van der Waals surface area (Å²) in [6.07, 6.45) is -5.24. The number of carbonyl (C=O) groups excluding carboxylic acids is 4. The van der Waals surface area contributed by atoms with E-state index in [0.717, 1.165) is 5.56 Å². The number of aromatic hydroxyl groups is 2. The van der Waals surface area contributed by atoms with Gasteiger partial charge in [-0.2, -0.15) is 13.2 Å². The minimum Gasteiger partial charge on any atom is -0.508 e. The van der Waals surface area contributed by atoms with Gasteiger partial charge in [0.05, 0.1) is 17.7 Å². The number of fused-ring (bicyclic) bond motifs is 2. The number of halogens is 3. The van der Waals surface area contributed by atoms with Crippen molar-refractivity contribution in [3.63, 3.8) is 0 Å². The van der Waals surface area contributed by atoms with Gasteiger partial charge in [0.2, 0.25) is 21.8 Å². The van der Waals surface area contributed by atoms with Crippen LogP contribution in [0.5, 0.6) is 23.0 Å². The highest BCUT2D eigenvalue weighted by Gasteiger charge is 2.55. The molecule has 3 aliphatic heterocycles. The predicted octanol–water partition coefficient (Wildman–Crippen LogP) is 4.94. The van der Waals surface area contributed by atoms with Crippen molar-refractivity contribution in [2.24, 2.45) is 0 Å². The Morgan fingerprint density at radius 2 is 1.28 bits per heavy atom. The van der Waals surface area contributed by atoms with Crippen molar-refractivity contribution in [3.05, 3.63) is 114 Å². The number of nitrogens with zero attached hydrogens (tertiary/aromatic N) is 1. The van der Waals surface area contributed by atoms with E-state index in [2.05, 4.69) is 16.0 Å². The number of carbonyl (C=O) groups is 4. The molecule has 0 saturated carbocycles. The molecular weight excluding hydrogens is 862 g/mol. The van der Waals surface area contributed by atoms with Crippen LogP contribution < -0.4 is 29.7 Å². The number of unbranched alkanes of at least 4 members (excludes halogenated alkanes) is 1. The zero-order chi connectivity index (χ0) is 45.6. The lowest BCUT2D eigenvalue weighted by molar-refractivity contribution is -0.134. The number of benzene rings is 4. The van der Waals surface area contributed by atoms with Crippen LogP contribution in [0.25, 0.3) is 11.1 Å². The van der Waals surface area contributed by atoms with Crippen LogP contribution in [0.3, 0.4) is 0 Å². The Morgan fingerprint density at radius 1 is 0.766 bits per heavy atom. The standard InChI is InChI=1S/C45H45F3N4O11S/c46-45(47,48)26-52(64(59,60)37-23-36-41(28-3-11-31(53)12-4-28)42(43(37)63-36)29-5-13-32(54)14-6-29)30-9-17-34(18-10-30)62-25-40(57)50-22-2-1-21-49-39(56)24-61-33-15-7-27(8-16-33)35-19-20-38(55)51-44(35)58/h3-18,35-37,43,53-54H,1-2,19-26H2,(H,49,56)(H,50,57)(H,51,55,58)/t35?,36?,37?,43-/m1/s1. The van der Waals surface area contributed by atoms with E-state index >= 15 is 0 Å². The second-order valence-corrected chi connectivity index (χ2v) is 17.5. The lowest BCUT2D eigenvalue weighted by atomic mass is 9.83. The highest BCUT2D eigenvalue weighted by molar-refractivity contribution is 7.93. The number of hydrogen-bond acceptors (Lipinski definition) is 11. The minimum atomic E-state index is -4.91. The molecule has 7 rings (SSSR count). The van der Waals surface area contributed by atoms with Crippen LogP contribution in [0.4, 0.5) is 18.9 Å². The molecule has 3 aliphatic rings. The number of ether oxygens (including phenoxy) is 3. The Kier molecular flexibility index (Phi) is 13.8. The van der Waals surface area contributed by atoms with E-state index in [9.17, 15) is 51.0 Å². The maximum atomic E-state index is 14.3. The highest BCUT2D eigenvalue weighted by Crippen LogP contribution is 2.51. The Balaban J connectivity index is 0.876. The molecule has 64 heavy (non-hydrogen) atoms. The fourth-order valence-corrected chi connectivity index (χ4v) is 9.92. The number of phenolic OH excluding ortho intramolecular Hbond substituents is 2. The molecule has 4 atom stereocenters. The number of rotatable bonds is 18. The number of nitrogens with one attached hydrogen (secondary N) is 3. The molecule has 19 heteroatoms. The number of anilines is 1. The first kappa shape index (κ1) is 45.4. The molecule has 0 radical (unpaired) electrons. The van der Waals surface area contributed by atoms with Gasteiger partial charge in [0.25, 0.3) is 11.8 Å². The largest absolute Gasteiger partial charge is 0.508 e. The smallest absolute Gasteiger partial charge is 0.407 e. The first-order valence-electron chi connectivity index (χ1n) is 20.4. The average molecular weight is 907 g/mol. The molecule has 4 aromatic rings. The second kappa shape index (κ2) is 19.4. The van der Waals surface area contributed by atoms with Gasteiger partial charge in [0, 0.05) is 19.5 Å². The molecule has 0 aliphatic carbocycles. The van der Waals surface area contributed by atoms with E-state index < -0.39 is 58.6 Å². The summed E-state index contributed by atoms with van der Waals surface area (Å²) in [4.78, 5) is 48.2. The molecule has 15 nitrogen and oxygen atoms in total. The van der Waals surface area contributed by atoms with Gasteiger partial charge in [-0.15, -0.1) is 0 Å². The van der Waals surface area contributed by atoms with Crippen LogP contribution in [-0.2, 0) is 33.9 Å². The van der Waals surface area contributed by atoms with Crippen LogP contribution in [0.1, 0.15) is 54.7 Å². The fourth-order valence-electron chi connectivity index (χ4n) is 7.92.